The number of rotatable bonds is 5. The number of thiophene rings is 1. The highest BCUT2D eigenvalue weighted by atomic mass is 32.1. The van der Waals surface area contributed by atoms with Crippen molar-refractivity contribution < 1.29 is 0 Å². The maximum absolute atomic E-state index is 5.12. The fraction of sp³-hybridized carbons (Fsp3) is 0. The molecule has 216 valence electrons. The van der Waals surface area contributed by atoms with Crippen LogP contribution in [-0.4, -0.2) is 19.9 Å². The molecule has 9 aromatic rings. The second kappa shape index (κ2) is 11.1. The van der Waals surface area contributed by atoms with Crippen molar-refractivity contribution >= 4 is 53.1 Å². The Morgan fingerprint density at radius 2 is 0.935 bits per heavy atom. The van der Waals surface area contributed by atoms with Gasteiger partial charge in [0.1, 0.15) is 5.01 Å². The molecule has 0 aliphatic rings. The monoisotopic (exact) mass is 624 g/mol. The smallest absolute Gasteiger partial charge is 0.164 e. The van der Waals surface area contributed by atoms with Crippen molar-refractivity contribution in [2.75, 3.05) is 0 Å². The molecule has 0 saturated carbocycles. The lowest BCUT2D eigenvalue weighted by atomic mass is 10.0. The Hall–Kier alpha value is -5.56. The van der Waals surface area contributed by atoms with Gasteiger partial charge in [-0.1, -0.05) is 127 Å². The molecule has 4 nitrogen and oxygen atoms in total. The molecular weight excluding hydrogens is 601 g/mol. The minimum atomic E-state index is 0.648. The van der Waals surface area contributed by atoms with Crippen molar-refractivity contribution in [3.05, 3.63) is 146 Å². The maximum Gasteiger partial charge on any atom is 0.164 e. The minimum absolute atomic E-state index is 0.648. The summed E-state index contributed by atoms with van der Waals surface area (Å²) in [6, 6.07) is 50.3. The van der Waals surface area contributed by atoms with Gasteiger partial charge in [0.05, 0.1) is 10.2 Å². The highest BCUT2D eigenvalue weighted by Crippen LogP contribution is 2.44. The first-order valence-electron chi connectivity index (χ1n) is 15.1. The molecule has 6 aromatic carbocycles. The number of para-hydroxylation sites is 1. The molecule has 0 radical (unpaired) electrons. The van der Waals surface area contributed by atoms with E-state index in [0.717, 1.165) is 43.7 Å². The van der Waals surface area contributed by atoms with Crippen LogP contribution in [0.25, 0.3) is 86.3 Å². The van der Waals surface area contributed by atoms with E-state index >= 15 is 0 Å². The molecule has 0 amide bonds. The summed E-state index contributed by atoms with van der Waals surface area (Å²) in [5, 5.41) is 3.37. The van der Waals surface area contributed by atoms with Crippen LogP contribution in [-0.2, 0) is 0 Å². The summed E-state index contributed by atoms with van der Waals surface area (Å²) < 4.78 is 3.61. The van der Waals surface area contributed by atoms with Crippen LogP contribution < -0.4 is 0 Å². The molecule has 6 heteroatoms. The minimum Gasteiger partial charge on any atom is -0.236 e. The van der Waals surface area contributed by atoms with Gasteiger partial charge >= 0.3 is 0 Å². The van der Waals surface area contributed by atoms with E-state index in [-0.39, 0.29) is 0 Å². The summed E-state index contributed by atoms with van der Waals surface area (Å²) in [5.74, 6) is 1.96. The van der Waals surface area contributed by atoms with E-state index in [0.29, 0.717) is 17.5 Å². The topological polar surface area (TPSA) is 51.6 Å². The molecule has 46 heavy (non-hydrogen) atoms. The van der Waals surface area contributed by atoms with Crippen LogP contribution in [0.3, 0.4) is 0 Å². The molecule has 3 heterocycles. The quantitative estimate of drug-likeness (QED) is 0.191. The second-order valence-electron chi connectivity index (χ2n) is 11.1. The summed E-state index contributed by atoms with van der Waals surface area (Å²) in [5.41, 5.74) is 7.41. The Morgan fingerprint density at radius 3 is 1.70 bits per heavy atom. The van der Waals surface area contributed by atoms with Gasteiger partial charge in [-0.3, -0.25) is 0 Å². The largest absolute Gasteiger partial charge is 0.236 e. The molecule has 0 saturated heterocycles. The maximum atomic E-state index is 5.12. The number of hydrogen-bond acceptors (Lipinski definition) is 6. The lowest BCUT2D eigenvalue weighted by molar-refractivity contribution is 1.08. The first kappa shape index (κ1) is 26.8. The predicted molar refractivity (Wildman–Crippen MR) is 193 cm³/mol. The van der Waals surface area contributed by atoms with Gasteiger partial charge in [0.15, 0.2) is 17.5 Å². The number of benzene rings is 6. The number of hydrogen-bond donors (Lipinski definition) is 0. The summed E-state index contributed by atoms with van der Waals surface area (Å²) in [4.78, 5) is 20.2. The first-order valence-corrected chi connectivity index (χ1v) is 16.7. The Bertz CT molecular complexity index is 2490. The van der Waals surface area contributed by atoms with Crippen LogP contribution in [0.2, 0.25) is 0 Å². The van der Waals surface area contributed by atoms with Crippen molar-refractivity contribution in [1.82, 2.24) is 19.9 Å². The van der Waals surface area contributed by atoms with Gasteiger partial charge in [0.2, 0.25) is 0 Å². The van der Waals surface area contributed by atoms with Gasteiger partial charge in [0, 0.05) is 42.4 Å². The van der Waals surface area contributed by atoms with Gasteiger partial charge in [-0.05, 0) is 29.3 Å². The number of fused-ring (bicyclic) bond motifs is 4. The van der Waals surface area contributed by atoms with Gasteiger partial charge in [-0.15, -0.1) is 22.7 Å². The summed E-state index contributed by atoms with van der Waals surface area (Å²) >= 11 is 3.53. The lowest BCUT2D eigenvalue weighted by Crippen LogP contribution is -2.00. The Balaban J connectivity index is 1.23. The van der Waals surface area contributed by atoms with Crippen LogP contribution in [0.15, 0.2) is 146 Å². The van der Waals surface area contributed by atoms with Crippen LogP contribution in [0.4, 0.5) is 0 Å². The van der Waals surface area contributed by atoms with Crippen molar-refractivity contribution in [2.24, 2.45) is 0 Å². The number of aromatic nitrogens is 4. The zero-order valence-electron chi connectivity index (χ0n) is 24.5. The van der Waals surface area contributed by atoms with E-state index < -0.39 is 0 Å². The van der Waals surface area contributed by atoms with Crippen LogP contribution >= 0.6 is 22.7 Å². The third-order valence-electron chi connectivity index (χ3n) is 8.21. The zero-order valence-corrected chi connectivity index (χ0v) is 26.1. The number of thiazole rings is 1. The molecule has 0 atom stereocenters. The molecule has 0 aliphatic heterocycles. The second-order valence-corrected chi connectivity index (χ2v) is 13.1. The van der Waals surface area contributed by atoms with Crippen molar-refractivity contribution in [2.45, 2.75) is 0 Å². The highest BCUT2D eigenvalue weighted by molar-refractivity contribution is 7.27. The predicted octanol–water partition coefficient (Wildman–Crippen LogP) is 11.2. The summed E-state index contributed by atoms with van der Waals surface area (Å²) in [6.45, 7) is 0. The van der Waals surface area contributed by atoms with Gasteiger partial charge in [-0.2, -0.15) is 0 Å². The molecule has 9 rings (SSSR count). The average Bonchev–Trinajstić information content (AvgIpc) is 3.74. The fourth-order valence-electron chi connectivity index (χ4n) is 5.97. The van der Waals surface area contributed by atoms with E-state index in [4.69, 9.17) is 19.9 Å². The van der Waals surface area contributed by atoms with Crippen molar-refractivity contribution in [3.8, 4) is 55.9 Å². The lowest BCUT2D eigenvalue weighted by Gasteiger charge is -2.10. The molecule has 0 unspecified atom stereocenters. The van der Waals surface area contributed by atoms with Gasteiger partial charge in [-0.25, -0.2) is 19.9 Å². The first-order chi connectivity index (χ1) is 22.8. The van der Waals surface area contributed by atoms with E-state index in [1.165, 1.54) is 25.0 Å². The standard InChI is InChI=1S/C40H24N4S2/c1-3-11-25(12-4-1)26-21-23-28(24-22-26)38-42-37(27-13-5-2-6-14-27)43-39(44-38)30-16-10-20-34-35(30)29-15-9-17-31(36(29)45-34)40-41-32-18-7-8-19-33(32)46-40/h1-24H. The highest BCUT2D eigenvalue weighted by Gasteiger charge is 2.19. The Labute approximate surface area is 273 Å². The van der Waals surface area contributed by atoms with Crippen molar-refractivity contribution in [3.63, 3.8) is 0 Å². The van der Waals surface area contributed by atoms with Gasteiger partial charge in [0.25, 0.3) is 0 Å². The summed E-state index contributed by atoms with van der Waals surface area (Å²) in [7, 11) is 0. The fourth-order valence-corrected chi connectivity index (χ4v) is 8.28. The Kier molecular flexibility index (Phi) is 6.47. The molecule has 0 bridgehead atoms. The SMILES string of the molecule is c1ccc(-c2ccc(-c3nc(-c4ccccc4)nc(-c4cccc5sc6c(-c7nc8ccccc8s7)cccc6c45)n3)cc2)cc1. The molecule has 0 fully saturated rings. The molecule has 0 aliphatic carbocycles. The van der Waals surface area contributed by atoms with E-state index in [1.807, 2.05) is 42.5 Å². The van der Waals surface area contributed by atoms with E-state index in [1.54, 1.807) is 22.7 Å². The van der Waals surface area contributed by atoms with Crippen LogP contribution in [0, 0.1) is 0 Å². The normalized spacial score (nSPS) is 11.5. The molecule has 3 aromatic heterocycles. The van der Waals surface area contributed by atoms with Crippen LogP contribution in [0.5, 0.6) is 0 Å². The van der Waals surface area contributed by atoms with Crippen molar-refractivity contribution in [1.29, 1.82) is 0 Å². The zero-order chi connectivity index (χ0) is 30.5. The third kappa shape index (κ3) is 4.67. The average molecular weight is 625 g/mol. The molecule has 0 spiro atoms. The van der Waals surface area contributed by atoms with E-state index in [9.17, 15) is 0 Å². The summed E-state index contributed by atoms with van der Waals surface area (Å²) in [6.07, 6.45) is 0. The number of nitrogens with zero attached hydrogens (tertiary/aromatic N) is 4. The molecular formula is C40H24N4S2. The third-order valence-corrected chi connectivity index (χ3v) is 10.5. The molecule has 0 N–H and O–H groups in total. The Morgan fingerprint density at radius 1 is 0.370 bits per heavy atom. The van der Waals surface area contributed by atoms with E-state index in [2.05, 4.69) is 103 Å². The van der Waals surface area contributed by atoms with Gasteiger partial charge < -0.3 is 0 Å². The van der Waals surface area contributed by atoms with Crippen LogP contribution in [0.1, 0.15) is 0 Å².